The zero-order valence-electron chi connectivity index (χ0n) is 13.2. The third kappa shape index (κ3) is 5.30. The monoisotopic (exact) mass is 253 g/mol. The van der Waals surface area contributed by atoms with Gasteiger partial charge < -0.3 is 5.32 Å². The molecule has 1 rings (SSSR count). The highest BCUT2D eigenvalue weighted by Crippen LogP contribution is 2.33. The molecule has 1 saturated carbocycles. The van der Waals surface area contributed by atoms with Crippen LogP contribution in [-0.4, -0.2) is 12.6 Å². The summed E-state index contributed by atoms with van der Waals surface area (Å²) in [5, 5.41) is 3.81. The molecule has 3 atom stereocenters. The SMILES string of the molecule is CCCNC(CCC)C1CCCC(C(C)C)CC1. The van der Waals surface area contributed by atoms with Crippen LogP contribution in [0.3, 0.4) is 0 Å². The molecule has 0 saturated heterocycles. The van der Waals surface area contributed by atoms with Gasteiger partial charge in [-0.15, -0.1) is 0 Å². The molecule has 18 heavy (non-hydrogen) atoms. The van der Waals surface area contributed by atoms with Crippen LogP contribution < -0.4 is 5.32 Å². The van der Waals surface area contributed by atoms with E-state index in [1.54, 1.807) is 0 Å². The standard InChI is InChI=1S/C17H35N/c1-5-8-17(18-13-6-2)16-10-7-9-15(11-12-16)14(3)4/h14-18H,5-13H2,1-4H3. The molecule has 108 valence electrons. The van der Waals surface area contributed by atoms with E-state index in [9.17, 15) is 0 Å². The zero-order valence-corrected chi connectivity index (χ0v) is 13.2. The van der Waals surface area contributed by atoms with E-state index in [0.29, 0.717) is 0 Å². The predicted octanol–water partition coefficient (Wildman–Crippen LogP) is 5.01. The summed E-state index contributed by atoms with van der Waals surface area (Å²) in [6, 6.07) is 0.792. The first-order valence-electron chi connectivity index (χ1n) is 8.42. The zero-order chi connectivity index (χ0) is 13.4. The molecule has 0 heterocycles. The maximum absolute atomic E-state index is 3.81. The van der Waals surface area contributed by atoms with Gasteiger partial charge in [-0.1, -0.05) is 47.0 Å². The Bertz CT molecular complexity index is 200. The normalized spacial score (nSPS) is 27.2. The van der Waals surface area contributed by atoms with Crippen molar-refractivity contribution in [1.29, 1.82) is 0 Å². The average molecular weight is 253 g/mol. The number of hydrogen-bond donors (Lipinski definition) is 1. The van der Waals surface area contributed by atoms with Crippen molar-refractivity contribution in [3.05, 3.63) is 0 Å². The van der Waals surface area contributed by atoms with Gasteiger partial charge in [-0.3, -0.25) is 0 Å². The summed E-state index contributed by atoms with van der Waals surface area (Å²) in [6.45, 7) is 10.6. The summed E-state index contributed by atoms with van der Waals surface area (Å²) in [5.74, 6) is 2.82. The van der Waals surface area contributed by atoms with Gasteiger partial charge in [0.25, 0.3) is 0 Å². The van der Waals surface area contributed by atoms with Crippen LogP contribution in [0.15, 0.2) is 0 Å². The first kappa shape index (κ1) is 16.0. The molecule has 1 N–H and O–H groups in total. The van der Waals surface area contributed by atoms with Gasteiger partial charge in [-0.25, -0.2) is 0 Å². The van der Waals surface area contributed by atoms with Gasteiger partial charge in [0, 0.05) is 6.04 Å². The second kappa shape index (κ2) is 8.96. The van der Waals surface area contributed by atoms with Gasteiger partial charge in [0.2, 0.25) is 0 Å². The maximum atomic E-state index is 3.81. The third-order valence-corrected chi connectivity index (χ3v) is 4.83. The summed E-state index contributed by atoms with van der Waals surface area (Å²) >= 11 is 0. The van der Waals surface area contributed by atoms with Gasteiger partial charge in [-0.05, 0) is 56.4 Å². The lowest BCUT2D eigenvalue weighted by molar-refractivity contribution is 0.289. The molecule has 1 nitrogen and oxygen atoms in total. The Morgan fingerprint density at radius 1 is 0.944 bits per heavy atom. The van der Waals surface area contributed by atoms with E-state index in [1.807, 2.05) is 0 Å². The molecule has 0 aliphatic heterocycles. The largest absolute Gasteiger partial charge is 0.314 e. The van der Waals surface area contributed by atoms with Crippen LogP contribution in [0.5, 0.6) is 0 Å². The van der Waals surface area contributed by atoms with E-state index < -0.39 is 0 Å². The van der Waals surface area contributed by atoms with Crippen molar-refractivity contribution in [2.75, 3.05) is 6.54 Å². The quantitative estimate of drug-likeness (QED) is 0.629. The highest BCUT2D eigenvalue weighted by molar-refractivity contribution is 4.81. The van der Waals surface area contributed by atoms with E-state index in [-0.39, 0.29) is 0 Å². The summed E-state index contributed by atoms with van der Waals surface area (Å²) in [7, 11) is 0. The summed E-state index contributed by atoms with van der Waals surface area (Å²) in [6.07, 6.45) is 11.3. The van der Waals surface area contributed by atoms with E-state index in [1.165, 1.54) is 57.9 Å². The van der Waals surface area contributed by atoms with Gasteiger partial charge in [0.1, 0.15) is 0 Å². The first-order chi connectivity index (χ1) is 8.69. The van der Waals surface area contributed by atoms with Crippen LogP contribution >= 0.6 is 0 Å². The second-order valence-electron chi connectivity index (χ2n) is 6.62. The Labute approximate surface area is 115 Å². The summed E-state index contributed by atoms with van der Waals surface area (Å²) in [4.78, 5) is 0. The van der Waals surface area contributed by atoms with Crippen LogP contribution in [-0.2, 0) is 0 Å². The molecule has 0 radical (unpaired) electrons. The first-order valence-corrected chi connectivity index (χ1v) is 8.42. The molecule has 0 aromatic carbocycles. The molecule has 1 fully saturated rings. The third-order valence-electron chi connectivity index (χ3n) is 4.83. The van der Waals surface area contributed by atoms with Crippen molar-refractivity contribution >= 4 is 0 Å². The Kier molecular flexibility index (Phi) is 7.97. The minimum atomic E-state index is 0.792. The fourth-order valence-electron chi connectivity index (χ4n) is 3.57. The Morgan fingerprint density at radius 3 is 2.22 bits per heavy atom. The molecular weight excluding hydrogens is 218 g/mol. The van der Waals surface area contributed by atoms with Crippen molar-refractivity contribution < 1.29 is 0 Å². The smallest absolute Gasteiger partial charge is 0.00952 e. The van der Waals surface area contributed by atoms with E-state index in [2.05, 4.69) is 33.0 Å². The Morgan fingerprint density at radius 2 is 1.61 bits per heavy atom. The number of rotatable bonds is 7. The van der Waals surface area contributed by atoms with Crippen molar-refractivity contribution in [3.8, 4) is 0 Å². The Hall–Kier alpha value is -0.0400. The van der Waals surface area contributed by atoms with Gasteiger partial charge in [0.15, 0.2) is 0 Å². The summed E-state index contributed by atoms with van der Waals surface area (Å²) < 4.78 is 0. The molecule has 1 aliphatic rings. The molecule has 0 aromatic rings. The van der Waals surface area contributed by atoms with Gasteiger partial charge in [-0.2, -0.15) is 0 Å². The second-order valence-corrected chi connectivity index (χ2v) is 6.62. The molecule has 1 aliphatic carbocycles. The topological polar surface area (TPSA) is 12.0 Å². The molecule has 0 aromatic heterocycles. The van der Waals surface area contributed by atoms with Crippen LogP contribution in [0.25, 0.3) is 0 Å². The van der Waals surface area contributed by atoms with E-state index >= 15 is 0 Å². The fraction of sp³-hybridized carbons (Fsp3) is 1.00. The Balaban J connectivity index is 2.46. The van der Waals surface area contributed by atoms with Crippen molar-refractivity contribution in [1.82, 2.24) is 5.32 Å². The van der Waals surface area contributed by atoms with Crippen molar-refractivity contribution in [2.45, 2.75) is 85.1 Å². The van der Waals surface area contributed by atoms with Gasteiger partial charge >= 0.3 is 0 Å². The highest BCUT2D eigenvalue weighted by atomic mass is 14.9. The molecular formula is C17H35N. The minimum absolute atomic E-state index is 0.792. The molecule has 0 spiro atoms. The maximum Gasteiger partial charge on any atom is 0.00952 e. The number of nitrogens with one attached hydrogen (secondary N) is 1. The van der Waals surface area contributed by atoms with Gasteiger partial charge in [0.05, 0.1) is 0 Å². The number of hydrogen-bond acceptors (Lipinski definition) is 1. The fourth-order valence-corrected chi connectivity index (χ4v) is 3.57. The lowest BCUT2D eigenvalue weighted by Crippen LogP contribution is -2.36. The molecule has 0 bridgehead atoms. The van der Waals surface area contributed by atoms with Crippen LogP contribution in [0.1, 0.15) is 79.1 Å². The molecule has 1 heteroatoms. The predicted molar refractivity (Wildman–Crippen MR) is 81.9 cm³/mol. The van der Waals surface area contributed by atoms with Crippen LogP contribution in [0.4, 0.5) is 0 Å². The van der Waals surface area contributed by atoms with Crippen molar-refractivity contribution in [2.24, 2.45) is 17.8 Å². The lowest BCUT2D eigenvalue weighted by atomic mass is 9.86. The van der Waals surface area contributed by atoms with E-state index in [0.717, 1.165) is 23.8 Å². The highest BCUT2D eigenvalue weighted by Gasteiger charge is 2.25. The van der Waals surface area contributed by atoms with E-state index in [4.69, 9.17) is 0 Å². The van der Waals surface area contributed by atoms with Crippen molar-refractivity contribution in [3.63, 3.8) is 0 Å². The van der Waals surface area contributed by atoms with Crippen LogP contribution in [0.2, 0.25) is 0 Å². The lowest BCUT2D eigenvalue weighted by Gasteiger charge is -2.27. The molecule has 0 amide bonds. The summed E-state index contributed by atoms with van der Waals surface area (Å²) in [5.41, 5.74) is 0. The average Bonchev–Trinajstić information content (AvgIpc) is 2.60. The molecule has 3 unspecified atom stereocenters. The minimum Gasteiger partial charge on any atom is -0.314 e. The van der Waals surface area contributed by atoms with Crippen LogP contribution in [0, 0.1) is 17.8 Å².